The van der Waals surface area contributed by atoms with Gasteiger partial charge < -0.3 is 31.9 Å². The van der Waals surface area contributed by atoms with Crippen LogP contribution in [0.15, 0.2) is 30.3 Å². The van der Waals surface area contributed by atoms with Crippen LogP contribution in [0.5, 0.6) is 0 Å². The van der Waals surface area contributed by atoms with Crippen LogP contribution in [-0.2, 0) is 25.6 Å². The Morgan fingerprint density at radius 2 is 1.52 bits per heavy atom. The van der Waals surface area contributed by atoms with Crippen molar-refractivity contribution in [2.45, 2.75) is 43.6 Å². The lowest BCUT2D eigenvalue weighted by molar-refractivity contribution is -0.142. The number of aliphatic hydroxyl groups is 1. The summed E-state index contributed by atoms with van der Waals surface area (Å²) in [6.45, 7) is 1.27. The number of carboxylic acids is 1. The number of aliphatic carboxylic acids is 1. The van der Waals surface area contributed by atoms with E-state index in [1.165, 1.54) is 6.92 Å². The van der Waals surface area contributed by atoms with E-state index in [1.807, 2.05) is 0 Å². The Kier molecular flexibility index (Phi) is 11.4. The predicted octanol–water partition coefficient (Wildman–Crippen LogP) is -1.66. The molecular weight excluding hydrogens is 444 g/mol. The minimum atomic E-state index is -1.46. The minimum absolute atomic E-state index is 0.0600. The molecule has 0 radical (unpaired) electrons. The zero-order chi connectivity index (χ0) is 23.6. The first-order chi connectivity index (χ1) is 14.6. The van der Waals surface area contributed by atoms with Crippen LogP contribution in [0.1, 0.15) is 12.5 Å². The molecule has 0 bridgehead atoms. The van der Waals surface area contributed by atoms with Crippen molar-refractivity contribution in [1.29, 1.82) is 0 Å². The summed E-state index contributed by atoms with van der Waals surface area (Å²) in [5.74, 6) is -3.69. The van der Waals surface area contributed by atoms with E-state index >= 15 is 0 Å². The average molecular weight is 473 g/mol. The normalized spacial score (nSPS) is 15.6. The van der Waals surface area contributed by atoms with Crippen LogP contribution >= 0.6 is 25.3 Å². The Balaban J connectivity index is 3.02. The zero-order valence-corrected chi connectivity index (χ0v) is 18.7. The van der Waals surface area contributed by atoms with Gasteiger partial charge in [-0.1, -0.05) is 30.3 Å². The van der Waals surface area contributed by atoms with Crippen LogP contribution in [0.25, 0.3) is 0 Å². The smallest absolute Gasteiger partial charge is 0.327 e. The molecular formula is C19H28N4O6S2. The standard InChI is InChI=1S/C19H28N4O6S2/c1-10(24)15(18(27)22-14(9-31)19(28)29)23-17(26)13(21-16(25)12(20)8-30)7-11-5-3-2-4-6-11/h2-6,10,12-15,24,30-31H,7-9,20H2,1H3,(H,21,25)(H,22,27)(H,23,26)(H,28,29). The topological polar surface area (TPSA) is 171 Å². The molecule has 0 fully saturated rings. The van der Waals surface area contributed by atoms with Crippen LogP contribution in [0.3, 0.4) is 0 Å². The first-order valence-corrected chi connectivity index (χ1v) is 10.7. The molecule has 5 unspecified atom stereocenters. The fraction of sp³-hybridized carbons (Fsp3) is 0.474. The highest BCUT2D eigenvalue weighted by Gasteiger charge is 2.32. The lowest BCUT2D eigenvalue weighted by atomic mass is 10.0. The Hall–Kier alpha value is -2.28. The Labute approximate surface area is 191 Å². The molecule has 10 nitrogen and oxygen atoms in total. The van der Waals surface area contributed by atoms with Crippen LogP contribution in [0.4, 0.5) is 0 Å². The van der Waals surface area contributed by atoms with Crippen LogP contribution < -0.4 is 21.7 Å². The zero-order valence-electron chi connectivity index (χ0n) is 16.9. The molecule has 1 aromatic rings. The predicted molar refractivity (Wildman–Crippen MR) is 121 cm³/mol. The van der Waals surface area contributed by atoms with Crippen molar-refractivity contribution in [2.24, 2.45) is 5.73 Å². The molecule has 0 heterocycles. The van der Waals surface area contributed by atoms with Crippen molar-refractivity contribution < 1.29 is 29.4 Å². The minimum Gasteiger partial charge on any atom is -0.480 e. The third-order valence-corrected chi connectivity index (χ3v) is 5.07. The first kappa shape index (κ1) is 26.8. The number of benzene rings is 1. The number of thiol groups is 2. The third-order valence-electron chi connectivity index (χ3n) is 4.31. The molecule has 172 valence electrons. The average Bonchev–Trinajstić information content (AvgIpc) is 2.74. The third kappa shape index (κ3) is 8.77. The summed E-state index contributed by atoms with van der Waals surface area (Å²) in [7, 11) is 0. The van der Waals surface area contributed by atoms with E-state index < -0.39 is 54.0 Å². The maximum absolute atomic E-state index is 12.9. The van der Waals surface area contributed by atoms with Gasteiger partial charge >= 0.3 is 5.97 Å². The van der Waals surface area contributed by atoms with Crippen LogP contribution in [0.2, 0.25) is 0 Å². The van der Waals surface area contributed by atoms with Gasteiger partial charge in [0.25, 0.3) is 0 Å². The summed E-state index contributed by atoms with van der Waals surface area (Å²) in [5, 5.41) is 26.1. The molecule has 0 saturated carbocycles. The molecule has 0 aliphatic carbocycles. The molecule has 3 amide bonds. The second-order valence-electron chi connectivity index (χ2n) is 6.85. The number of aliphatic hydroxyl groups excluding tert-OH is 1. The maximum atomic E-state index is 12.9. The van der Waals surface area contributed by atoms with Gasteiger partial charge in [-0.3, -0.25) is 14.4 Å². The van der Waals surface area contributed by atoms with Gasteiger partial charge in [-0.15, -0.1) is 0 Å². The second-order valence-corrected chi connectivity index (χ2v) is 7.58. The van der Waals surface area contributed by atoms with Gasteiger partial charge in [-0.2, -0.15) is 25.3 Å². The summed E-state index contributed by atoms with van der Waals surface area (Å²) < 4.78 is 0. The fourth-order valence-electron chi connectivity index (χ4n) is 2.53. The van der Waals surface area contributed by atoms with Gasteiger partial charge in [-0.25, -0.2) is 4.79 Å². The van der Waals surface area contributed by atoms with Crippen molar-refractivity contribution in [3.63, 3.8) is 0 Å². The van der Waals surface area contributed by atoms with Gasteiger partial charge in [0.15, 0.2) is 0 Å². The number of amides is 3. The number of carbonyl (C=O) groups excluding carboxylic acids is 3. The van der Waals surface area contributed by atoms with E-state index in [2.05, 4.69) is 41.2 Å². The second kappa shape index (κ2) is 13.2. The summed E-state index contributed by atoms with van der Waals surface area (Å²) in [6.07, 6.45) is -1.24. The molecule has 0 saturated heterocycles. The number of nitrogens with two attached hydrogens (primary N) is 1. The number of rotatable bonds is 12. The van der Waals surface area contributed by atoms with E-state index in [0.29, 0.717) is 0 Å². The van der Waals surface area contributed by atoms with Gasteiger partial charge in [0.2, 0.25) is 17.7 Å². The molecule has 0 aliphatic rings. The fourth-order valence-corrected chi connectivity index (χ4v) is 2.94. The summed E-state index contributed by atoms with van der Waals surface area (Å²) in [6, 6.07) is 4.03. The SMILES string of the molecule is CC(O)C(NC(=O)C(Cc1ccccc1)NC(=O)C(N)CS)C(=O)NC(CS)C(=O)O. The number of hydrogen-bond acceptors (Lipinski definition) is 8. The monoisotopic (exact) mass is 472 g/mol. The molecule has 12 heteroatoms. The van der Waals surface area contributed by atoms with E-state index in [4.69, 9.17) is 10.8 Å². The molecule has 31 heavy (non-hydrogen) atoms. The number of hydrogen-bond donors (Lipinski definition) is 8. The molecule has 5 atom stereocenters. The number of carbonyl (C=O) groups is 4. The van der Waals surface area contributed by atoms with E-state index in [0.717, 1.165) is 5.56 Å². The van der Waals surface area contributed by atoms with Gasteiger partial charge in [-0.05, 0) is 12.5 Å². The first-order valence-electron chi connectivity index (χ1n) is 9.43. The van der Waals surface area contributed by atoms with Crippen molar-refractivity contribution in [3.05, 3.63) is 35.9 Å². The van der Waals surface area contributed by atoms with E-state index in [9.17, 15) is 24.3 Å². The molecule has 0 spiro atoms. The van der Waals surface area contributed by atoms with E-state index in [1.54, 1.807) is 30.3 Å². The quantitative estimate of drug-likeness (QED) is 0.168. The Morgan fingerprint density at radius 3 is 2.00 bits per heavy atom. The molecule has 0 aromatic heterocycles. The summed E-state index contributed by atoms with van der Waals surface area (Å²) >= 11 is 7.83. The van der Waals surface area contributed by atoms with Crippen molar-refractivity contribution >= 4 is 48.9 Å². The van der Waals surface area contributed by atoms with Crippen LogP contribution in [-0.4, -0.2) is 75.7 Å². The lowest BCUT2D eigenvalue weighted by Crippen LogP contribution is -2.60. The van der Waals surface area contributed by atoms with Crippen LogP contribution in [0, 0.1) is 0 Å². The lowest BCUT2D eigenvalue weighted by Gasteiger charge is -2.26. The maximum Gasteiger partial charge on any atom is 0.327 e. The van der Waals surface area contributed by atoms with Crippen molar-refractivity contribution in [1.82, 2.24) is 16.0 Å². The molecule has 1 aromatic carbocycles. The largest absolute Gasteiger partial charge is 0.480 e. The Morgan fingerprint density at radius 1 is 0.935 bits per heavy atom. The highest BCUT2D eigenvalue weighted by Crippen LogP contribution is 2.06. The highest BCUT2D eigenvalue weighted by atomic mass is 32.1. The van der Waals surface area contributed by atoms with Crippen molar-refractivity contribution in [3.8, 4) is 0 Å². The highest BCUT2D eigenvalue weighted by molar-refractivity contribution is 7.80. The Bertz CT molecular complexity index is 765. The molecule has 1 rings (SSSR count). The molecule has 0 aliphatic heterocycles. The van der Waals surface area contributed by atoms with E-state index in [-0.39, 0.29) is 17.9 Å². The molecule has 7 N–H and O–H groups in total. The van der Waals surface area contributed by atoms with Gasteiger partial charge in [0.05, 0.1) is 12.1 Å². The van der Waals surface area contributed by atoms with Gasteiger partial charge in [0, 0.05) is 17.9 Å². The van der Waals surface area contributed by atoms with Crippen molar-refractivity contribution in [2.75, 3.05) is 11.5 Å². The summed E-state index contributed by atoms with van der Waals surface area (Å²) in [5.41, 5.74) is 6.40. The number of carboxylic acid groups (broad SMARTS) is 1. The van der Waals surface area contributed by atoms with Gasteiger partial charge in [0.1, 0.15) is 18.1 Å². The summed E-state index contributed by atoms with van der Waals surface area (Å²) in [4.78, 5) is 48.7. The number of nitrogens with one attached hydrogen (secondary N) is 3.